The molecule has 0 spiro atoms. The fraction of sp³-hybridized carbons (Fsp3) is 0.0625. The molecule has 106 valence electrons. The summed E-state index contributed by atoms with van der Waals surface area (Å²) in [6.07, 6.45) is 3.13. The van der Waals surface area contributed by atoms with Crippen LogP contribution in [0.3, 0.4) is 0 Å². The van der Waals surface area contributed by atoms with Crippen LogP contribution in [0.4, 0.5) is 5.69 Å². The van der Waals surface area contributed by atoms with Crippen LogP contribution in [-0.4, -0.2) is 4.98 Å². The largest absolute Gasteiger partial charge is 0.444 e. The molecule has 0 aliphatic carbocycles. The zero-order chi connectivity index (χ0) is 14.7. The van der Waals surface area contributed by atoms with Crippen LogP contribution < -0.4 is 5.32 Å². The second kappa shape index (κ2) is 6.33. The molecule has 2 aromatic carbocycles. The molecule has 0 unspecified atom stereocenters. The first-order valence-electron chi connectivity index (χ1n) is 6.39. The van der Waals surface area contributed by atoms with Gasteiger partial charge in [0.15, 0.2) is 12.2 Å². The zero-order valence-corrected chi connectivity index (χ0v) is 13.4. The van der Waals surface area contributed by atoms with Crippen molar-refractivity contribution in [3.8, 4) is 11.3 Å². The Morgan fingerprint density at radius 1 is 1.14 bits per heavy atom. The van der Waals surface area contributed by atoms with Crippen LogP contribution in [-0.2, 0) is 6.54 Å². The van der Waals surface area contributed by atoms with Crippen molar-refractivity contribution in [2.75, 3.05) is 5.32 Å². The average Bonchev–Trinajstić information content (AvgIpc) is 3.03. The van der Waals surface area contributed by atoms with Crippen LogP contribution in [0, 0.1) is 0 Å². The number of oxazole rings is 1. The molecule has 0 saturated heterocycles. The SMILES string of the molecule is Clc1ccc(Br)c(CNc2ccc(-c3cnco3)cc2)c1. The Bertz CT molecular complexity index is 727. The van der Waals surface area contributed by atoms with Crippen LogP contribution in [0.2, 0.25) is 5.02 Å². The van der Waals surface area contributed by atoms with E-state index in [1.807, 2.05) is 42.5 Å². The van der Waals surface area contributed by atoms with E-state index >= 15 is 0 Å². The number of aromatic nitrogens is 1. The van der Waals surface area contributed by atoms with E-state index in [1.165, 1.54) is 6.39 Å². The van der Waals surface area contributed by atoms with Gasteiger partial charge >= 0.3 is 0 Å². The Hall–Kier alpha value is -1.78. The third kappa shape index (κ3) is 3.46. The summed E-state index contributed by atoms with van der Waals surface area (Å²) in [5, 5.41) is 4.10. The average molecular weight is 364 g/mol. The van der Waals surface area contributed by atoms with Crippen LogP contribution in [0.5, 0.6) is 0 Å². The summed E-state index contributed by atoms with van der Waals surface area (Å²) in [4.78, 5) is 3.91. The van der Waals surface area contributed by atoms with Crippen LogP contribution in [0.25, 0.3) is 11.3 Å². The molecule has 0 amide bonds. The summed E-state index contributed by atoms with van der Waals surface area (Å²) in [6.45, 7) is 0.697. The van der Waals surface area contributed by atoms with Gasteiger partial charge in [-0.1, -0.05) is 27.5 Å². The van der Waals surface area contributed by atoms with E-state index in [9.17, 15) is 0 Å². The number of nitrogens with zero attached hydrogens (tertiary/aromatic N) is 1. The fourth-order valence-electron chi connectivity index (χ4n) is 1.99. The Labute approximate surface area is 136 Å². The number of halogens is 2. The predicted octanol–water partition coefficient (Wildman–Crippen LogP) is 5.37. The topological polar surface area (TPSA) is 38.1 Å². The molecular formula is C16H12BrClN2O. The van der Waals surface area contributed by atoms with Crippen LogP contribution >= 0.6 is 27.5 Å². The minimum atomic E-state index is 0.697. The highest BCUT2D eigenvalue weighted by Gasteiger charge is 2.03. The van der Waals surface area contributed by atoms with Gasteiger partial charge < -0.3 is 9.73 Å². The lowest BCUT2D eigenvalue weighted by molar-refractivity contribution is 0.572. The Balaban J connectivity index is 1.70. The van der Waals surface area contributed by atoms with Crippen molar-refractivity contribution in [2.24, 2.45) is 0 Å². The van der Waals surface area contributed by atoms with E-state index in [0.29, 0.717) is 6.54 Å². The van der Waals surface area contributed by atoms with E-state index in [-0.39, 0.29) is 0 Å². The van der Waals surface area contributed by atoms with Gasteiger partial charge in [0.05, 0.1) is 6.20 Å². The van der Waals surface area contributed by atoms with Crippen molar-refractivity contribution in [2.45, 2.75) is 6.54 Å². The molecule has 1 aromatic heterocycles. The lowest BCUT2D eigenvalue weighted by Crippen LogP contribution is -2.00. The molecule has 1 heterocycles. The second-order valence-electron chi connectivity index (χ2n) is 4.53. The lowest BCUT2D eigenvalue weighted by atomic mass is 10.1. The highest BCUT2D eigenvalue weighted by Crippen LogP contribution is 2.24. The summed E-state index contributed by atoms with van der Waals surface area (Å²) in [5.41, 5.74) is 3.15. The van der Waals surface area contributed by atoms with Gasteiger partial charge in [0.2, 0.25) is 0 Å². The normalized spacial score (nSPS) is 10.6. The molecular weight excluding hydrogens is 352 g/mol. The number of nitrogens with one attached hydrogen (secondary N) is 1. The summed E-state index contributed by atoms with van der Waals surface area (Å²) < 4.78 is 6.30. The van der Waals surface area contributed by atoms with Crippen molar-refractivity contribution in [3.63, 3.8) is 0 Å². The summed E-state index contributed by atoms with van der Waals surface area (Å²) in [5.74, 6) is 0.763. The number of anilines is 1. The maximum atomic E-state index is 6.01. The zero-order valence-electron chi connectivity index (χ0n) is 11.0. The van der Waals surface area contributed by atoms with Gasteiger partial charge in [-0.2, -0.15) is 0 Å². The molecule has 21 heavy (non-hydrogen) atoms. The van der Waals surface area contributed by atoms with Crippen LogP contribution in [0.15, 0.2) is 63.9 Å². The number of hydrogen-bond acceptors (Lipinski definition) is 3. The van der Waals surface area contributed by atoms with Crippen molar-refractivity contribution < 1.29 is 4.42 Å². The summed E-state index contributed by atoms with van der Waals surface area (Å²) in [7, 11) is 0. The van der Waals surface area contributed by atoms with Gasteiger partial charge in [-0.15, -0.1) is 0 Å². The summed E-state index contributed by atoms with van der Waals surface area (Å²) >= 11 is 9.54. The molecule has 0 atom stereocenters. The quantitative estimate of drug-likeness (QED) is 0.677. The van der Waals surface area contributed by atoms with E-state index in [4.69, 9.17) is 16.0 Å². The van der Waals surface area contributed by atoms with E-state index in [1.54, 1.807) is 6.20 Å². The second-order valence-corrected chi connectivity index (χ2v) is 5.82. The fourth-order valence-corrected chi connectivity index (χ4v) is 2.57. The maximum Gasteiger partial charge on any atom is 0.181 e. The minimum Gasteiger partial charge on any atom is -0.444 e. The highest BCUT2D eigenvalue weighted by atomic mass is 79.9. The van der Waals surface area contributed by atoms with Gasteiger partial charge in [-0.25, -0.2) is 4.98 Å². The molecule has 0 saturated carbocycles. The molecule has 5 heteroatoms. The molecule has 0 aliphatic heterocycles. The van der Waals surface area contributed by atoms with E-state index in [2.05, 4.69) is 26.2 Å². The minimum absolute atomic E-state index is 0.697. The maximum absolute atomic E-state index is 6.01. The third-order valence-electron chi connectivity index (χ3n) is 3.09. The lowest BCUT2D eigenvalue weighted by Gasteiger charge is -2.09. The van der Waals surface area contributed by atoms with Crippen LogP contribution in [0.1, 0.15) is 5.56 Å². The molecule has 3 aromatic rings. The smallest absolute Gasteiger partial charge is 0.181 e. The van der Waals surface area contributed by atoms with Crippen molar-refractivity contribution in [1.29, 1.82) is 0 Å². The van der Waals surface area contributed by atoms with Gasteiger partial charge in [0.25, 0.3) is 0 Å². The van der Waals surface area contributed by atoms with Gasteiger partial charge in [-0.05, 0) is 48.0 Å². The Morgan fingerprint density at radius 3 is 2.67 bits per heavy atom. The van der Waals surface area contributed by atoms with Crippen molar-refractivity contribution in [1.82, 2.24) is 4.98 Å². The molecule has 0 bridgehead atoms. The monoisotopic (exact) mass is 362 g/mol. The third-order valence-corrected chi connectivity index (χ3v) is 4.10. The standard InChI is InChI=1S/C16H12BrClN2O/c17-15-6-3-13(18)7-12(15)8-20-14-4-1-11(2-5-14)16-9-19-10-21-16/h1-7,9-10,20H,8H2. The van der Waals surface area contributed by atoms with E-state index in [0.717, 1.165) is 32.1 Å². The van der Waals surface area contributed by atoms with Gasteiger partial charge in [0, 0.05) is 27.3 Å². The molecule has 1 N–H and O–H groups in total. The molecule has 0 fully saturated rings. The Morgan fingerprint density at radius 2 is 1.95 bits per heavy atom. The first-order chi connectivity index (χ1) is 10.2. The number of benzene rings is 2. The van der Waals surface area contributed by atoms with Gasteiger partial charge in [-0.3, -0.25) is 0 Å². The molecule has 0 radical (unpaired) electrons. The Kier molecular flexibility index (Phi) is 4.27. The number of hydrogen-bond donors (Lipinski definition) is 1. The highest BCUT2D eigenvalue weighted by molar-refractivity contribution is 9.10. The molecule has 3 nitrogen and oxygen atoms in total. The first kappa shape index (κ1) is 14.2. The van der Waals surface area contributed by atoms with Crippen molar-refractivity contribution in [3.05, 3.63) is 70.1 Å². The van der Waals surface area contributed by atoms with E-state index < -0.39 is 0 Å². The molecule has 3 rings (SSSR count). The summed E-state index contributed by atoms with van der Waals surface area (Å²) in [6, 6.07) is 13.8. The predicted molar refractivity (Wildman–Crippen MR) is 88.4 cm³/mol. The molecule has 0 aliphatic rings. The first-order valence-corrected chi connectivity index (χ1v) is 7.56. The number of rotatable bonds is 4. The van der Waals surface area contributed by atoms with Gasteiger partial charge in [0.1, 0.15) is 0 Å². The van der Waals surface area contributed by atoms with Crippen molar-refractivity contribution >= 4 is 33.2 Å².